The lowest BCUT2D eigenvalue weighted by Gasteiger charge is -2.32. The topological polar surface area (TPSA) is 69.7 Å². The van der Waals surface area contributed by atoms with E-state index in [9.17, 15) is 0 Å². The number of methoxy groups -OCH3 is 1. The Morgan fingerprint density at radius 1 is 1.32 bits per heavy atom. The highest BCUT2D eigenvalue weighted by Gasteiger charge is 2.26. The average molecular weight is 342 g/mol. The molecule has 8 heteroatoms. The van der Waals surface area contributed by atoms with Crippen LogP contribution in [0.5, 0.6) is 0 Å². The fourth-order valence-corrected chi connectivity index (χ4v) is 3.37. The second-order valence-corrected chi connectivity index (χ2v) is 6.25. The summed E-state index contributed by atoms with van der Waals surface area (Å²) in [5, 5.41) is 8.89. The van der Waals surface area contributed by atoms with Gasteiger partial charge in [0.15, 0.2) is 5.82 Å². The van der Waals surface area contributed by atoms with Gasteiger partial charge < -0.3 is 14.4 Å². The van der Waals surface area contributed by atoms with Gasteiger partial charge in [0.05, 0.1) is 25.0 Å². The number of aryl methyl sites for hydroxylation is 1. The zero-order chi connectivity index (χ0) is 17.4. The lowest BCUT2D eigenvalue weighted by Crippen LogP contribution is -2.45. The predicted octanol–water partition coefficient (Wildman–Crippen LogP) is 1.29. The van der Waals surface area contributed by atoms with Crippen LogP contribution < -0.4 is 4.90 Å². The molecule has 0 radical (unpaired) electrons. The summed E-state index contributed by atoms with van der Waals surface area (Å²) in [6.45, 7) is 4.77. The Labute approximate surface area is 146 Å². The van der Waals surface area contributed by atoms with E-state index in [2.05, 4.69) is 24.5 Å². The zero-order valence-corrected chi connectivity index (χ0v) is 14.7. The first-order chi connectivity index (χ1) is 12.2. The molecule has 1 aliphatic heterocycles. The van der Waals surface area contributed by atoms with Crippen molar-refractivity contribution in [1.29, 1.82) is 0 Å². The molecule has 1 aliphatic rings. The van der Waals surface area contributed by atoms with Crippen LogP contribution in [0.4, 0.5) is 5.95 Å². The van der Waals surface area contributed by atoms with Crippen LogP contribution in [-0.2, 0) is 16.5 Å². The lowest BCUT2D eigenvalue weighted by atomic mass is 10.3. The van der Waals surface area contributed by atoms with Crippen molar-refractivity contribution in [1.82, 2.24) is 24.1 Å². The Kier molecular flexibility index (Phi) is 4.14. The van der Waals surface area contributed by atoms with Crippen molar-refractivity contribution in [2.45, 2.75) is 13.0 Å². The standard InChI is InChI=1S/C17H22N6O2/c1-12-15(23-7-5-4-6-14(23)18-12)16-19-20-17(21(16)2)22-8-9-25-13(10-22)11-24-3/h4-7,13H,8-11H2,1-3H3. The molecule has 0 aromatic carbocycles. The summed E-state index contributed by atoms with van der Waals surface area (Å²) in [6, 6.07) is 5.97. The van der Waals surface area contributed by atoms with Crippen LogP contribution in [0.3, 0.4) is 0 Å². The number of morpholine rings is 1. The normalized spacial score (nSPS) is 18.2. The zero-order valence-electron chi connectivity index (χ0n) is 14.7. The first kappa shape index (κ1) is 16.0. The van der Waals surface area contributed by atoms with Crippen molar-refractivity contribution in [3.63, 3.8) is 0 Å². The molecule has 0 spiro atoms. The second-order valence-electron chi connectivity index (χ2n) is 6.25. The van der Waals surface area contributed by atoms with Crippen LogP contribution in [0.2, 0.25) is 0 Å². The van der Waals surface area contributed by atoms with E-state index in [4.69, 9.17) is 9.47 Å². The third-order valence-corrected chi connectivity index (χ3v) is 4.54. The lowest BCUT2D eigenvalue weighted by molar-refractivity contribution is -0.0105. The molecule has 132 valence electrons. The van der Waals surface area contributed by atoms with Crippen molar-refractivity contribution in [2.24, 2.45) is 7.05 Å². The molecule has 4 heterocycles. The van der Waals surface area contributed by atoms with E-state index >= 15 is 0 Å². The SMILES string of the molecule is COCC1CN(c2nnc(-c3c(C)nc4ccccn34)n2C)CCO1. The van der Waals surface area contributed by atoms with Crippen LogP contribution >= 0.6 is 0 Å². The molecule has 8 nitrogen and oxygen atoms in total. The number of pyridine rings is 1. The summed E-state index contributed by atoms with van der Waals surface area (Å²) >= 11 is 0. The minimum Gasteiger partial charge on any atom is -0.382 e. The molecular formula is C17H22N6O2. The fraction of sp³-hybridized carbons (Fsp3) is 0.471. The van der Waals surface area contributed by atoms with Gasteiger partial charge in [-0.15, -0.1) is 10.2 Å². The Balaban J connectivity index is 1.70. The average Bonchev–Trinajstić information content (AvgIpc) is 3.14. The Morgan fingerprint density at radius 2 is 2.20 bits per heavy atom. The number of nitrogens with zero attached hydrogens (tertiary/aromatic N) is 6. The summed E-state index contributed by atoms with van der Waals surface area (Å²) < 4.78 is 15.0. The van der Waals surface area contributed by atoms with Gasteiger partial charge in [-0.25, -0.2) is 4.98 Å². The van der Waals surface area contributed by atoms with E-state index in [1.807, 2.05) is 42.9 Å². The molecule has 1 atom stereocenters. The number of anilines is 1. The number of rotatable bonds is 4. The Morgan fingerprint density at radius 3 is 3.04 bits per heavy atom. The van der Waals surface area contributed by atoms with Gasteiger partial charge >= 0.3 is 0 Å². The summed E-state index contributed by atoms with van der Waals surface area (Å²) in [6.07, 6.45) is 2.05. The summed E-state index contributed by atoms with van der Waals surface area (Å²) in [5.41, 5.74) is 2.82. The number of ether oxygens (including phenoxy) is 2. The van der Waals surface area contributed by atoms with Gasteiger partial charge in [0.25, 0.3) is 0 Å². The first-order valence-corrected chi connectivity index (χ1v) is 8.38. The molecule has 1 fully saturated rings. The third-order valence-electron chi connectivity index (χ3n) is 4.54. The molecule has 0 saturated carbocycles. The van der Waals surface area contributed by atoms with Gasteiger partial charge in [0.1, 0.15) is 11.3 Å². The van der Waals surface area contributed by atoms with Crippen molar-refractivity contribution < 1.29 is 9.47 Å². The van der Waals surface area contributed by atoms with Crippen LogP contribution in [0.15, 0.2) is 24.4 Å². The molecule has 25 heavy (non-hydrogen) atoms. The van der Waals surface area contributed by atoms with Gasteiger partial charge in [-0.05, 0) is 19.1 Å². The van der Waals surface area contributed by atoms with E-state index < -0.39 is 0 Å². The Hall–Kier alpha value is -2.45. The van der Waals surface area contributed by atoms with Gasteiger partial charge in [-0.3, -0.25) is 8.97 Å². The van der Waals surface area contributed by atoms with E-state index in [-0.39, 0.29) is 6.10 Å². The van der Waals surface area contributed by atoms with E-state index in [0.29, 0.717) is 13.2 Å². The maximum absolute atomic E-state index is 5.73. The number of imidazole rings is 1. The first-order valence-electron chi connectivity index (χ1n) is 8.38. The molecule has 0 aliphatic carbocycles. The number of hydrogen-bond donors (Lipinski definition) is 0. The largest absolute Gasteiger partial charge is 0.382 e. The maximum Gasteiger partial charge on any atom is 0.227 e. The quantitative estimate of drug-likeness (QED) is 0.712. The smallest absolute Gasteiger partial charge is 0.227 e. The predicted molar refractivity (Wildman–Crippen MR) is 93.8 cm³/mol. The van der Waals surface area contributed by atoms with Gasteiger partial charge in [-0.1, -0.05) is 6.07 Å². The Bertz CT molecular complexity index is 885. The van der Waals surface area contributed by atoms with E-state index in [0.717, 1.165) is 41.9 Å². The van der Waals surface area contributed by atoms with E-state index in [1.165, 1.54) is 0 Å². The number of fused-ring (bicyclic) bond motifs is 1. The monoisotopic (exact) mass is 342 g/mol. The minimum atomic E-state index is 0.0523. The van der Waals surface area contributed by atoms with Crippen molar-refractivity contribution in [3.8, 4) is 11.5 Å². The van der Waals surface area contributed by atoms with Crippen LogP contribution in [-0.4, -0.2) is 63.7 Å². The highest BCUT2D eigenvalue weighted by Crippen LogP contribution is 2.26. The van der Waals surface area contributed by atoms with Crippen molar-refractivity contribution in [3.05, 3.63) is 30.1 Å². The molecule has 0 N–H and O–H groups in total. The highest BCUT2D eigenvalue weighted by molar-refractivity contribution is 5.62. The summed E-state index contributed by atoms with van der Waals surface area (Å²) in [4.78, 5) is 6.82. The number of aromatic nitrogens is 5. The van der Waals surface area contributed by atoms with Crippen molar-refractivity contribution >= 4 is 11.6 Å². The molecule has 3 aromatic heterocycles. The molecule has 1 saturated heterocycles. The molecule has 3 aromatic rings. The van der Waals surface area contributed by atoms with Gasteiger partial charge in [0, 0.05) is 33.4 Å². The summed E-state index contributed by atoms with van der Waals surface area (Å²) in [7, 11) is 3.68. The second kappa shape index (κ2) is 6.45. The minimum absolute atomic E-state index is 0.0523. The highest BCUT2D eigenvalue weighted by atomic mass is 16.5. The van der Waals surface area contributed by atoms with Gasteiger partial charge in [0.2, 0.25) is 5.95 Å². The molecule has 4 rings (SSSR count). The van der Waals surface area contributed by atoms with Crippen LogP contribution in [0.25, 0.3) is 17.2 Å². The maximum atomic E-state index is 5.73. The molecular weight excluding hydrogens is 320 g/mol. The van der Waals surface area contributed by atoms with Crippen LogP contribution in [0, 0.1) is 6.92 Å². The van der Waals surface area contributed by atoms with Crippen LogP contribution in [0.1, 0.15) is 5.69 Å². The fourth-order valence-electron chi connectivity index (χ4n) is 3.37. The van der Waals surface area contributed by atoms with E-state index in [1.54, 1.807) is 7.11 Å². The molecule has 0 amide bonds. The summed E-state index contributed by atoms with van der Waals surface area (Å²) in [5.74, 6) is 1.64. The van der Waals surface area contributed by atoms with Gasteiger partial charge in [-0.2, -0.15) is 0 Å². The molecule has 1 unspecified atom stereocenters. The third kappa shape index (κ3) is 2.77. The number of hydrogen-bond acceptors (Lipinski definition) is 6. The van der Waals surface area contributed by atoms with Crippen molar-refractivity contribution in [2.75, 3.05) is 38.3 Å². The molecule has 0 bridgehead atoms.